The van der Waals surface area contributed by atoms with Gasteiger partial charge in [0.1, 0.15) is 6.10 Å². The van der Waals surface area contributed by atoms with Crippen molar-refractivity contribution >= 4 is 54.8 Å². The Kier molecular flexibility index (Phi) is 4.31. The number of hydrogen-bond acceptors (Lipinski definition) is 2. The third-order valence-corrected chi connectivity index (χ3v) is 4.98. The highest BCUT2D eigenvalue weighted by molar-refractivity contribution is 9.10. The summed E-state index contributed by atoms with van der Waals surface area (Å²) in [5.41, 5.74) is 0.784. The molecule has 1 aromatic carbocycles. The Morgan fingerprint density at radius 1 is 1.24 bits per heavy atom. The standard InChI is InChI=1S/C12H9Br2ClOS/c1-6-2-10(14)12(17-6)11(16)7-3-8(13)5-9(15)4-7/h2-5,11,16H,1H3. The summed E-state index contributed by atoms with van der Waals surface area (Å²) in [4.78, 5) is 2.06. The van der Waals surface area contributed by atoms with Crippen molar-refractivity contribution in [2.45, 2.75) is 13.0 Å². The molecule has 0 amide bonds. The van der Waals surface area contributed by atoms with E-state index in [2.05, 4.69) is 31.9 Å². The van der Waals surface area contributed by atoms with Crippen LogP contribution in [0, 0.1) is 6.92 Å². The second kappa shape index (κ2) is 5.41. The molecule has 5 heteroatoms. The lowest BCUT2D eigenvalue weighted by Gasteiger charge is -2.11. The fraction of sp³-hybridized carbons (Fsp3) is 0.167. The van der Waals surface area contributed by atoms with Crippen LogP contribution in [0.1, 0.15) is 21.4 Å². The largest absolute Gasteiger partial charge is 0.383 e. The lowest BCUT2D eigenvalue weighted by molar-refractivity contribution is 0.223. The Balaban J connectivity index is 2.43. The summed E-state index contributed by atoms with van der Waals surface area (Å²) in [6.45, 7) is 2.01. The number of halogens is 3. The average Bonchev–Trinajstić information content (AvgIpc) is 2.55. The van der Waals surface area contributed by atoms with E-state index in [0.717, 1.165) is 24.3 Å². The molecule has 2 rings (SSSR count). The SMILES string of the molecule is Cc1cc(Br)c(C(O)c2cc(Cl)cc(Br)c2)s1. The topological polar surface area (TPSA) is 20.2 Å². The number of aliphatic hydroxyl groups excluding tert-OH is 1. The first-order chi connectivity index (χ1) is 7.97. The average molecular weight is 397 g/mol. The molecule has 0 aliphatic carbocycles. The predicted molar refractivity (Wildman–Crippen MR) is 80.0 cm³/mol. The molecule has 0 spiro atoms. The van der Waals surface area contributed by atoms with Gasteiger partial charge < -0.3 is 5.11 Å². The zero-order valence-corrected chi connectivity index (χ0v) is 13.6. The van der Waals surface area contributed by atoms with E-state index >= 15 is 0 Å². The van der Waals surface area contributed by atoms with Gasteiger partial charge in [0.05, 0.1) is 4.88 Å². The first-order valence-electron chi connectivity index (χ1n) is 4.87. The summed E-state index contributed by atoms with van der Waals surface area (Å²) in [6, 6.07) is 7.45. The second-order valence-corrected chi connectivity index (χ2v) is 7.17. The molecule has 90 valence electrons. The van der Waals surface area contributed by atoms with E-state index in [1.54, 1.807) is 23.5 Å². The second-order valence-electron chi connectivity index (χ2n) is 3.67. The Hall–Kier alpha value is 0.130. The van der Waals surface area contributed by atoms with Gasteiger partial charge >= 0.3 is 0 Å². The van der Waals surface area contributed by atoms with Gasteiger partial charge in [-0.05, 0) is 52.7 Å². The quantitative estimate of drug-likeness (QED) is 0.729. The summed E-state index contributed by atoms with van der Waals surface area (Å²) in [5.74, 6) is 0. The zero-order chi connectivity index (χ0) is 12.6. The van der Waals surface area contributed by atoms with E-state index in [4.69, 9.17) is 11.6 Å². The smallest absolute Gasteiger partial charge is 0.114 e. The molecule has 0 saturated heterocycles. The van der Waals surface area contributed by atoms with Crippen molar-refractivity contribution in [3.8, 4) is 0 Å². The van der Waals surface area contributed by atoms with Crippen LogP contribution in [0.2, 0.25) is 5.02 Å². The molecule has 0 aliphatic heterocycles. The first-order valence-corrected chi connectivity index (χ1v) is 7.65. The van der Waals surface area contributed by atoms with Gasteiger partial charge in [0.15, 0.2) is 0 Å². The third-order valence-electron chi connectivity index (χ3n) is 2.29. The lowest BCUT2D eigenvalue weighted by Crippen LogP contribution is -1.97. The molecule has 17 heavy (non-hydrogen) atoms. The Morgan fingerprint density at radius 3 is 2.47 bits per heavy atom. The fourth-order valence-corrected chi connectivity index (χ4v) is 4.34. The molecule has 0 fully saturated rings. The Bertz CT molecular complexity index is 533. The van der Waals surface area contributed by atoms with Gasteiger partial charge in [-0.2, -0.15) is 0 Å². The van der Waals surface area contributed by atoms with E-state index in [1.807, 2.05) is 19.1 Å². The van der Waals surface area contributed by atoms with Gasteiger partial charge in [-0.15, -0.1) is 11.3 Å². The highest BCUT2D eigenvalue weighted by atomic mass is 79.9. The molecule has 1 nitrogen and oxygen atoms in total. The van der Waals surface area contributed by atoms with Gasteiger partial charge in [0.2, 0.25) is 0 Å². The van der Waals surface area contributed by atoms with Gasteiger partial charge in [-0.25, -0.2) is 0 Å². The van der Waals surface area contributed by atoms with Gasteiger partial charge in [0.25, 0.3) is 0 Å². The Morgan fingerprint density at radius 2 is 1.94 bits per heavy atom. The van der Waals surface area contributed by atoms with Crippen LogP contribution in [0.3, 0.4) is 0 Å². The van der Waals surface area contributed by atoms with Crippen molar-refractivity contribution in [3.05, 3.63) is 53.6 Å². The first kappa shape index (κ1) is 13.6. The van der Waals surface area contributed by atoms with E-state index in [1.165, 1.54) is 0 Å². The van der Waals surface area contributed by atoms with E-state index < -0.39 is 6.10 Å². The minimum Gasteiger partial charge on any atom is -0.383 e. The normalized spacial score (nSPS) is 12.8. The third kappa shape index (κ3) is 3.12. The maximum Gasteiger partial charge on any atom is 0.114 e. The molecule has 0 saturated carbocycles. The summed E-state index contributed by atoms with van der Waals surface area (Å²) >= 11 is 14.4. The molecule has 0 bridgehead atoms. The summed E-state index contributed by atoms with van der Waals surface area (Å²) in [7, 11) is 0. The molecule has 1 heterocycles. The van der Waals surface area contributed by atoms with Crippen LogP contribution in [0.25, 0.3) is 0 Å². The molecule has 1 atom stereocenters. The lowest BCUT2D eigenvalue weighted by atomic mass is 10.1. The van der Waals surface area contributed by atoms with Crippen LogP contribution in [0.15, 0.2) is 33.2 Å². The highest BCUT2D eigenvalue weighted by Crippen LogP contribution is 2.36. The van der Waals surface area contributed by atoms with E-state index in [0.29, 0.717) is 5.02 Å². The van der Waals surface area contributed by atoms with Crippen molar-refractivity contribution < 1.29 is 5.11 Å². The van der Waals surface area contributed by atoms with Crippen LogP contribution in [-0.2, 0) is 0 Å². The molecular formula is C12H9Br2ClOS. The summed E-state index contributed by atoms with van der Waals surface area (Å²) in [6.07, 6.45) is -0.655. The van der Waals surface area contributed by atoms with Gasteiger partial charge in [-0.1, -0.05) is 27.5 Å². The molecule has 0 aliphatic rings. The van der Waals surface area contributed by atoms with E-state index in [9.17, 15) is 5.11 Å². The number of aryl methyl sites for hydroxylation is 1. The van der Waals surface area contributed by atoms with Crippen LogP contribution in [-0.4, -0.2) is 5.11 Å². The van der Waals surface area contributed by atoms with Crippen molar-refractivity contribution in [3.63, 3.8) is 0 Å². The molecule has 2 aromatic rings. The van der Waals surface area contributed by atoms with Crippen LogP contribution >= 0.6 is 54.8 Å². The van der Waals surface area contributed by atoms with Gasteiger partial charge in [-0.3, -0.25) is 0 Å². The molecule has 1 N–H and O–H groups in total. The maximum absolute atomic E-state index is 10.3. The maximum atomic E-state index is 10.3. The minimum atomic E-state index is -0.655. The number of benzene rings is 1. The number of thiophene rings is 1. The van der Waals surface area contributed by atoms with Crippen LogP contribution in [0.5, 0.6) is 0 Å². The molecular weight excluding hydrogens is 387 g/mol. The van der Waals surface area contributed by atoms with Crippen molar-refractivity contribution in [1.29, 1.82) is 0 Å². The van der Waals surface area contributed by atoms with Crippen molar-refractivity contribution in [2.24, 2.45) is 0 Å². The van der Waals surface area contributed by atoms with Crippen molar-refractivity contribution in [2.75, 3.05) is 0 Å². The summed E-state index contributed by atoms with van der Waals surface area (Å²) in [5, 5.41) is 10.9. The monoisotopic (exact) mass is 394 g/mol. The zero-order valence-electron chi connectivity index (χ0n) is 8.88. The summed E-state index contributed by atoms with van der Waals surface area (Å²) < 4.78 is 1.80. The number of hydrogen-bond donors (Lipinski definition) is 1. The number of aliphatic hydroxyl groups is 1. The number of rotatable bonds is 2. The van der Waals surface area contributed by atoms with Crippen molar-refractivity contribution in [1.82, 2.24) is 0 Å². The highest BCUT2D eigenvalue weighted by Gasteiger charge is 2.17. The van der Waals surface area contributed by atoms with Crippen LogP contribution in [0.4, 0.5) is 0 Å². The fourth-order valence-electron chi connectivity index (χ4n) is 1.57. The molecule has 1 unspecified atom stereocenters. The predicted octanol–water partition coefficient (Wildman–Crippen LogP) is 5.32. The minimum absolute atomic E-state index is 0.609. The van der Waals surface area contributed by atoms with E-state index in [-0.39, 0.29) is 0 Å². The Labute approximate surface area is 126 Å². The van der Waals surface area contributed by atoms with Crippen LogP contribution < -0.4 is 0 Å². The molecule has 0 radical (unpaired) electrons. The molecule has 1 aromatic heterocycles. The van der Waals surface area contributed by atoms with Gasteiger partial charge in [0, 0.05) is 18.8 Å².